The van der Waals surface area contributed by atoms with Crippen molar-refractivity contribution in [3.63, 3.8) is 0 Å². The molecule has 1 aliphatic heterocycles. The van der Waals surface area contributed by atoms with Crippen LogP contribution in [0.15, 0.2) is 82.3 Å². The van der Waals surface area contributed by atoms with Gasteiger partial charge in [-0.1, -0.05) is 65.3 Å². The molecule has 33 heavy (non-hydrogen) atoms. The molecule has 0 bridgehead atoms. The summed E-state index contributed by atoms with van der Waals surface area (Å²) >= 11 is 7.80. The highest BCUT2D eigenvalue weighted by Gasteiger charge is 2.35. The van der Waals surface area contributed by atoms with E-state index < -0.39 is 6.04 Å². The van der Waals surface area contributed by atoms with E-state index in [-0.39, 0.29) is 6.03 Å². The van der Waals surface area contributed by atoms with Crippen molar-refractivity contribution in [2.24, 2.45) is 0 Å². The molecule has 166 valence electrons. The van der Waals surface area contributed by atoms with E-state index in [9.17, 15) is 4.79 Å². The monoisotopic (exact) mass is 476 g/mol. The van der Waals surface area contributed by atoms with Gasteiger partial charge in [-0.25, -0.2) is 4.79 Å². The molecule has 5 rings (SSSR count). The van der Waals surface area contributed by atoms with Gasteiger partial charge in [0.2, 0.25) is 5.82 Å². The molecule has 1 unspecified atom stereocenters. The zero-order valence-electron chi connectivity index (χ0n) is 17.9. The number of hydrogen-bond donors (Lipinski definition) is 1. The molecule has 3 heterocycles. The Morgan fingerprint density at radius 2 is 1.97 bits per heavy atom. The lowest BCUT2D eigenvalue weighted by Gasteiger charge is -2.35. The number of aromatic nitrogens is 2. The molecule has 1 N–H and O–H groups in total. The van der Waals surface area contributed by atoms with Crippen LogP contribution in [0.5, 0.6) is 0 Å². The number of allylic oxidation sites excluding steroid dienone is 1. The van der Waals surface area contributed by atoms with E-state index >= 15 is 0 Å². The summed E-state index contributed by atoms with van der Waals surface area (Å²) in [5, 5.41) is 9.86. The van der Waals surface area contributed by atoms with E-state index in [1.54, 1.807) is 22.3 Å². The minimum absolute atomic E-state index is 0.171. The number of rotatable bonds is 6. The summed E-state index contributed by atoms with van der Waals surface area (Å²) in [5.41, 5.74) is 3.56. The highest BCUT2D eigenvalue weighted by molar-refractivity contribution is 7.13. The van der Waals surface area contributed by atoms with Crippen molar-refractivity contribution in [3.8, 4) is 10.7 Å². The van der Waals surface area contributed by atoms with E-state index in [4.69, 9.17) is 16.1 Å². The topological polar surface area (TPSA) is 71.3 Å². The van der Waals surface area contributed by atoms with Gasteiger partial charge >= 0.3 is 6.03 Å². The van der Waals surface area contributed by atoms with Crippen molar-refractivity contribution in [3.05, 3.63) is 99.8 Å². The van der Waals surface area contributed by atoms with Crippen LogP contribution in [0.25, 0.3) is 16.3 Å². The number of carbonyl (C=O) groups excluding carboxylic acids is 1. The lowest BCUT2D eigenvalue weighted by Crippen LogP contribution is -2.46. The number of urea groups is 1. The number of hydrogen-bond acceptors (Lipinski definition) is 5. The number of carbonyl (C=O) groups is 1. The van der Waals surface area contributed by atoms with Crippen LogP contribution in [-0.4, -0.2) is 27.6 Å². The molecule has 2 amide bonds. The highest BCUT2D eigenvalue weighted by Crippen LogP contribution is 2.38. The second kappa shape index (κ2) is 9.21. The SMILES string of the molecule is CC1=C(c2nc(-c3cccs3)no2)C(c2cccc(Cl)c2)NC(=O)N1CCc1ccccc1. The van der Waals surface area contributed by atoms with Crippen molar-refractivity contribution in [2.75, 3.05) is 6.54 Å². The maximum atomic E-state index is 13.1. The standard InChI is InChI=1S/C25H21ClN4O2S/c1-16-21(24-28-23(29-32-24)20-11-6-14-33-20)22(18-9-5-10-19(26)15-18)27-25(31)30(16)13-12-17-7-3-2-4-8-17/h2-11,14-15,22H,12-13H2,1H3,(H,27,31). The Labute approximate surface area is 200 Å². The van der Waals surface area contributed by atoms with Gasteiger partial charge in [-0.05, 0) is 48.1 Å². The number of halogens is 1. The largest absolute Gasteiger partial charge is 0.334 e. The summed E-state index contributed by atoms with van der Waals surface area (Å²) < 4.78 is 5.70. The summed E-state index contributed by atoms with van der Waals surface area (Å²) in [4.78, 5) is 20.5. The molecule has 0 spiro atoms. The van der Waals surface area contributed by atoms with Gasteiger partial charge < -0.3 is 9.84 Å². The Bertz CT molecular complexity index is 1300. The van der Waals surface area contributed by atoms with Crippen molar-refractivity contribution >= 4 is 34.5 Å². The number of amides is 2. The summed E-state index contributed by atoms with van der Waals surface area (Å²) in [6, 6.07) is 20.8. The maximum absolute atomic E-state index is 13.1. The van der Waals surface area contributed by atoms with Gasteiger partial charge in [-0.15, -0.1) is 11.3 Å². The van der Waals surface area contributed by atoms with Crippen LogP contribution in [0.1, 0.15) is 30.0 Å². The minimum Gasteiger partial charge on any atom is -0.334 e. The van der Waals surface area contributed by atoms with Crippen molar-refractivity contribution in [2.45, 2.75) is 19.4 Å². The van der Waals surface area contributed by atoms with Gasteiger partial charge in [0.1, 0.15) is 0 Å². The van der Waals surface area contributed by atoms with Crippen LogP contribution in [0, 0.1) is 0 Å². The van der Waals surface area contributed by atoms with Gasteiger partial charge in [-0.3, -0.25) is 4.90 Å². The Hall–Kier alpha value is -3.42. The molecule has 6 nitrogen and oxygen atoms in total. The van der Waals surface area contributed by atoms with Crippen LogP contribution < -0.4 is 5.32 Å². The summed E-state index contributed by atoms with van der Waals surface area (Å²) in [7, 11) is 0. The Morgan fingerprint density at radius 1 is 1.12 bits per heavy atom. The van der Waals surface area contributed by atoms with Crippen LogP contribution >= 0.6 is 22.9 Å². The lowest BCUT2D eigenvalue weighted by atomic mass is 9.94. The predicted octanol–water partition coefficient (Wildman–Crippen LogP) is 6.19. The molecule has 0 aliphatic carbocycles. The first kappa shape index (κ1) is 21.4. The zero-order valence-corrected chi connectivity index (χ0v) is 19.4. The number of nitrogens with zero attached hydrogens (tertiary/aromatic N) is 3. The first-order chi connectivity index (χ1) is 16.1. The smallest absolute Gasteiger partial charge is 0.322 e. The molecule has 1 atom stereocenters. The third-order valence-corrected chi connectivity index (χ3v) is 6.74. The fraction of sp³-hybridized carbons (Fsp3) is 0.160. The number of benzene rings is 2. The predicted molar refractivity (Wildman–Crippen MR) is 130 cm³/mol. The van der Waals surface area contributed by atoms with Crippen LogP contribution in [-0.2, 0) is 6.42 Å². The Kier molecular flexibility index (Phi) is 5.98. The lowest BCUT2D eigenvalue weighted by molar-refractivity contribution is 0.205. The third-order valence-electron chi connectivity index (χ3n) is 5.64. The fourth-order valence-corrected chi connectivity index (χ4v) is 4.84. The van der Waals surface area contributed by atoms with E-state index in [0.29, 0.717) is 23.3 Å². The van der Waals surface area contributed by atoms with E-state index in [0.717, 1.165) is 33.7 Å². The average molecular weight is 477 g/mol. The normalized spacial score (nSPS) is 16.2. The van der Waals surface area contributed by atoms with Crippen molar-refractivity contribution < 1.29 is 9.32 Å². The summed E-state index contributed by atoms with van der Waals surface area (Å²) in [6.07, 6.45) is 0.727. The quantitative estimate of drug-likeness (QED) is 0.360. The summed E-state index contributed by atoms with van der Waals surface area (Å²) in [6.45, 7) is 2.45. The second-order valence-electron chi connectivity index (χ2n) is 7.72. The van der Waals surface area contributed by atoms with Crippen molar-refractivity contribution in [1.82, 2.24) is 20.4 Å². The Balaban J connectivity index is 1.55. The molecule has 4 aromatic rings. The average Bonchev–Trinajstić information content (AvgIpc) is 3.51. The summed E-state index contributed by atoms with van der Waals surface area (Å²) in [5.74, 6) is 0.906. The van der Waals surface area contributed by atoms with Gasteiger partial charge in [0.05, 0.1) is 16.5 Å². The molecule has 0 fully saturated rings. The molecule has 2 aromatic heterocycles. The fourth-order valence-electron chi connectivity index (χ4n) is 3.99. The zero-order chi connectivity index (χ0) is 22.8. The first-order valence-corrected chi connectivity index (χ1v) is 11.8. The van der Waals surface area contributed by atoms with Gasteiger partial charge in [0, 0.05) is 17.3 Å². The van der Waals surface area contributed by atoms with E-state index in [1.807, 2.05) is 60.8 Å². The molecule has 0 radical (unpaired) electrons. The van der Waals surface area contributed by atoms with Crippen molar-refractivity contribution in [1.29, 1.82) is 0 Å². The minimum atomic E-state index is -0.458. The molecule has 2 aromatic carbocycles. The van der Waals surface area contributed by atoms with E-state index in [1.165, 1.54) is 0 Å². The maximum Gasteiger partial charge on any atom is 0.322 e. The van der Waals surface area contributed by atoms with Crippen LogP contribution in [0.2, 0.25) is 5.02 Å². The van der Waals surface area contributed by atoms with Crippen LogP contribution in [0.4, 0.5) is 4.79 Å². The first-order valence-electron chi connectivity index (χ1n) is 10.6. The van der Waals surface area contributed by atoms with Gasteiger partial charge in [0.25, 0.3) is 5.89 Å². The second-order valence-corrected chi connectivity index (χ2v) is 9.11. The van der Waals surface area contributed by atoms with Gasteiger partial charge in [0.15, 0.2) is 0 Å². The molecule has 8 heteroatoms. The highest BCUT2D eigenvalue weighted by atomic mass is 35.5. The van der Waals surface area contributed by atoms with Crippen LogP contribution in [0.3, 0.4) is 0 Å². The molecular weight excluding hydrogens is 456 g/mol. The number of nitrogens with one attached hydrogen (secondary N) is 1. The molecular formula is C25H21ClN4O2S. The third kappa shape index (κ3) is 4.42. The van der Waals surface area contributed by atoms with Gasteiger partial charge in [-0.2, -0.15) is 4.98 Å². The molecule has 1 aliphatic rings. The number of thiophene rings is 1. The molecule has 0 saturated heterocycles. The molecule has 0 saturated carbocycles. The Morgan fingerprint density at radius 3 is 2.73 bits per heavy atom. The van der Waals surface area contributed by atoms with E-state index in [2.05, 4.69) is 27.6 Å².